The van der Waals surface area contributed by atoms with Crippen molar-refractivity contribution in [2.45, 2.75) is 32.9 Å². The van der Waals surface area contributed by atoms with Crippen LogP contribution in [-0.4, -0.2) is 33.3 Å². The van der Waals surface area contributed by atoms with Crippen molar-refractivity contribution in [2.24, 2.45) is 0 Å². The minimum Gasteiger partial charge on any atom is -0.466 e. The van der Waals surface area contributed by atoms with Crippen molar-refractivity contribution < 1.29 is 14.6 Å². The van der Waals surface area contributed by atoms with Crippen LogP contribution in [0.5, 0.6) is 0 Å². The lowest BCUT2D eigenvalue weighted by atomic mass is 10.2. The van der Waals surface area contributed by atoms with E-state index in [2.05, 4.69) is 20.9 Å². The molecule has 0 amide bonds. The van der Waals surface area contributed by atoms with E-state index in [1.165, 1.54) is 10.9 Å². The Balaban J connectivity index is 2.71. The third-order valence-electron chi connectivity index (χ3n) is 2.27. The number of hydrogen-bond acceptors (Lipinski definition) is 5. The van der Waals surface area contributed by atoms with E-state index in [1.807, 2.05) is 0 Å². The number of aliphatic hydroxyl groups excluding tert-OH is 1. The summed E-state index contributed by atoms with van der Waals surface area (Å²) in [5, 5.41) is 9.68. The van der Waals surface area contributed by atoms with Crippen molar-refractivity contribution in [3.63, 3.8) is 0 Å². The predicted molar refractivity (Wildman–Crippen MR) is 68.2 cm³/mol. The molecule has 1 atom stereocenters. The Morgan fingerprint density at radius 3 is 2.94 bits per heavy atom. The standard InChI is InChI=1S/C11H15BrN2O4/c1-3-18-9(16)4-8(15)5-14-6-13-7(2)10(12)11(14)17/h6,8,15H,3-5H2,1-2H3. The highest BCUT2D eigenvalue weighted by Crippen LogP contribution is 2.07. The van der Waals surface area contributed by atoms with Crippen molar-refractivity contribution in [1.29, 1.82) is 0 Å². The second-order valence-corrected chi connectivity index (χ2v) is 4.56. The minimum atomic E-state index is -0.974. The molecule has 0 bridgehead atoms. The quantitative estimate of drug-likeness (QED) is 0.805. The van der Waals surface area contributed by atoms with E-state index in [4.69, 9.17) is 4.74 Å². The summed E-state index contributed by atoms with van der Waals surface area (Å²) in [6.45, 7) is 3.66. The predicted octanol–water partition coefficient (Wildman–Crippen LogP) is 0.628. The summed E-state index contributed by atoms with van der Waals surface area (Å²) in [5.74, 6) is -0.489. The molecule has 0 aliphatic heterocycles. The molecule has 0 aliphatic carbocycles. The molecule has 1 unspecified atom stereocenters. The van der Waals surface area contributed by atoms with Crippen molar-refractivity contribution in [2.75, 3.05) is 6.61 Å². The number of aliphatic hydroxyl groups is 1. The number of aromatic nitrogens is 2. The largest absolute Gasteiger partial charge is 0.466 e. The molecular formula is C11H15BrN2O4. The molecule has 0 aliphatic rings. The number of esters is 1. The fraction of sp³-hybridized carbons (Fsp3) is 0.545. The van der Waals surface area contributed by atoms with E-state index in [0.717, 1.165) is 0 Å². The molecule has 0 fully saturated rings. The third-order valence-corrected chi connectivity index (χ3v) is 3.19. The van der Waals surface area contributed by atoms with E-state index in [-0.39, 0.29) is 25.1 Å². The molecule has 6 nitrogen and oxygen atoms in total. The van der Waals surface area contributed by atoms with Crippen LogP contribution >= 0.6 is 15.9 Å². The van der Waals surface area contributed by atoms with Crippen LogP contribution in [0.2, 0.25) is 0 Å². The summed E-state index contributed by atoms with van der Waals surface area (Å²) in [7, 11) is 0. The van der Waals surface area contributed by atoms with Crippen molar-refractivity contribution in [3.05, 3.63) is 26.8 Å². The molecule has 7 heteroatoms. The second kappa shape index (κ2) is 6.65. The number of aryl methyl sites for hydroxylation is 1. The summed E-state index contributed by atoms with van der Waals surface area (Å²) in [6.07, 6.45) is 0.223. The van der Waals surface area contributed by atoms with Crippen molar-refractivity contribution in [3.8, 4) is 0 Å². The first-order valence-corrected chi connectivity index (χ1v) is 6.30. The number of ether oxygens (including phenoxy) is 1. The van der Waals surface area contributed by atoms with Crippen LogP contribution in [0.3, 0.4) is 0 Å². The zero-order valence-corrected chi connectivity index (χ0v) is 11.8. The number of rotatable bonds is 5. The van der Waals surface area contributed by atoms with Gasteiger partial charge in [-0.05, 0) is 29.8 Å². The maximum absolute atomic E-state index is 11.8. The number of nitrogens with zero attached hydrogens (tertiary/aromatic N) is 2. The minimum absolute atomic E-state index is 0.00350. The van der Waals surface area contributed by atoms with Crippen LogP contribution < -0.4 is 5.56 Å². The summed E-state index contributed by atoms with van der Waals surface area (Å²) in [4.78, 5) is 26.9. The van der Waals surface area contributed by atoms with Gasteiger partial charge in [-0.1, -0.05) is 0 Å². The Bertz CT molecular complexity index is 486. The molecule has 1 aromatic rings. The second-order valence-electron chi connectivity index (χ2n) is 3.76. The van der Waals surface area contributed by atoms with Crippen molar-refractivity contribution in [1.82, 2.24) is 9.55 Å². The normalized spacial score (nSPS) is 12.2. The van der Waals surface area contributed by atoms with Crippen LogP contribution in [0.1, 0.15) is 19.0 Å². The van der Waals surface area contributed by atoms with Gasteiger partial charge in [0.2, 0.25) is 0 Å². The average Bonchev–Trinajstić information content (AvgIpc) is 2.30. The first-order chi connectivity index (χ1) is 8.45. The number of carbonyl (C=O) groups is 1. The molecule has 1 heterocycles. The molecule has 100 valence electrons. The number of halogens is 1. The summed E-state index contributed by atoms with van der Waals surface area (Å²) in [6, 6.07) is 0. The highest BCUT2D eigenvalue weighted by molar-refractivity contribution is 9.10. The van der Waals surface area contributed by atoms with Gasteiger partial charge in [0.25, 0.3) is 5.56 Å². The van der Waals surface area contributed by atoms with Gasteiger partial charge in [-0.15, -0.1) is 0 Å². The summed E-state index contributed by atoms with van der Waals surface area (Å²) in [5.41, 5.74) is 0.293. The van der Waals surface area contributed by atoms with Gasteiger partial charge in [-0.3, -0.25) is 14.2 Å². The summed E-state index contributed by atoms with van der Waals surface area (Å²) >= 11 is 3.13. The first kappa shape index (κ1) is 14.8. The molecule has 1 rings (SSSR count). The molecule has 0 spiro atoms. The van der Waals surface area contributed by atoms with Gasteiger partial charge in [0.05, 0.1) is 37.7 Å². The lowest BCUT2D eigenvalue weighted by Gasteiger charge is -2.12. The van der Waals surface area contributed by atoms with Crippen LogP contribution in [-0.2, 0) is 16.1 Å². The van der Waals surface area contributed by atoms with E-state index in [1.54, 1.807) is 13.8 Å². The van der Waals surface area contributed by atoms with Gasteiger partial charge < -0.3 is 9.84 Å². The van der Waals surface area contributed by atoms with E-state index >= 15 is 0 Å². The smallest absolute Gasteiger partial charge is 0.308 e. The Morgan fingerprint density at radius 2 is 2.33 bits per heavy atom. The number of carbonyl (C=O) groups excluding carboxylic acids is 1. The Morgan fingerprint density at radius 1 is 1.67 bits per heavy atom. The maximum Gasteiger partial charge on any atom is 0.308 e. The van der Waals surface area contributed by atoms with E-state index in [0.29, 0.717) is 10.2 Å². The van der Waals surface area contributed by atoms with Gasteiger partial charge in [-0.25, -0.2) is 4.98 Å². The van der Waals surface area contributed by atoms with E-state index in [9.17, 15) is 14.7 Å². The zero-order valence-electron chi connectivity index (χ0n) is 10.2. The molecule has 1 aromatic heterocycles. The van der Waals surface area contributed by atoms with Gasteiger partial charge >= 0.3 is 5.97 Å². The molecular weight excluding hydrogens is 304 g/mol. The lowest BCUT2D eigenvalue weighted by molar-refractivity contribution is -0.145. The first-order valence-electron chi connectivity index (χ1n) is 5.51. The average molecular weight is 319 g/mol. The van der Waals surface area contributed by atoms with Gasteiger partial charge in [0, 0.05) is 0 Å². The maximum atomic E-state index is 11.8. The van der Waals surface area contributed by atoms with Crippen LogP contribution in [0, 0.1) is 6.92 Å². The molecule has 0 radical (unpaired) electrons. The highest BCUT2D eigenvalue weighted by atomic mass is 79.9. The van der Waals surface area contributed by atoms with Gasteiger partial charge in [-0.2, -0.15) is 0 Å². The molecule has 18 heavy (non-hydrogen) atoms. The van der Waals surface area contributed by atoms with Gasteiger partial charge in [0.1, 0.15) is 4.47 Å². The fourth-order valence-electron chi connectivity index (χ4n) is 1.38. The highest BCUT2D eigenvalue weighted by Gasteiger charge is 2.14. The summed E-state index contributed by atoms with van der Waals surface area (Å²) < 4.78 is 6.32. The zero-order chi connectivity index (χ0) is 13.7. The molecule has 0 saturated heterocycles. The molecule has 0 saturated carbocycles. The van der Waals surface area contributed by atoms with Crippen LogP contribution in [0.4, 0.5) is 0 Å². The lowest BCUT2D eigenvalue weighted by Crippen LogP contribution is -2.29. The Labute approximate surface area is 113 Å². The van der Waals surface area contributed by atoms with Crippen LogP contribution in [0.25, 0.3) is 0 Å². The van der Waals surface area contributed by atoms with E-state index < -0.39 is 12.1 Å². The van der Waals surface area contributed by atoms with Crippen LogP contribution in [0.15, 0.2) is 15.6 Å². The SMILES string of the molecule is CCOC(=O)CC(O)Cn1cnc(C)c(Br)c1=O. The molecule has 0 aromatic carbocycles. The number of hydrogen-bond donors (Lipinski definition) is 1. The topological polar surface area (TPSA) is 81.4 Å². The molecule has 1 N–H and O–H groups in total. The van der Waals surface area contributed by atoms with Crippen molar-refractivity contribution >= 4 is 21.9 Å². The van der Waals surface area contributed by atoms with Gasteiger partial charge in [0.15, 0.2) is 0 Å². The Hall–Kier alpha value is -1.21. The Kier molecular flexibility index (Phi) is 5.49. The third kappa shape index (κ3) is 3.92. The fourth-order valence-corrected chi connectivity index (χ4v) is 1.71. The monoisotopic (exact) mass is 318 g/mol.